The molecule has 2 amide bonds. The van der Waals surface area contributed by atoms with E-state index in [9.17, 15) is 9.59 Å². The number of aromatic nitrogens is 1. The van der Waals surface area contributed by atoms with Gasteiger partial charge in [0.25, 0.3) is 0 Å². The Morgan fingerprint density at radius 3 is 2.36 bits per heavy atom. The van der Waals surface area contributed by atoms with Crippen molar-refractivity contribution < 1.29 is 9.59 Å². The Morgan fingerprint density at radius 2 is 1.67 bits per heavy atom. The smallest absolute Gasteiger partial charge is 0.238 e. The van der Waals surface area contributed by atoms with Crippen molar-refractivity contribution in [2.75, 3.05) is 38.0 Å². The molecule has 1 aliphatic rings. The first-order valence-electron chi connectivity index (χ1n) is 12.9. The van der Waals surface area contributed by atoms with Crippen molar-refractivity contribution in [3.63, 3.8) is 0 Å². The summed E-state index contributed by atoms with van der Waals surface area (Å²) in [6, 6.07) is 16.3. The average Bonchev–Trinajstić information content (AvgIpc) is 3.09. The van der Waals surface area contributed by atoms with E-state index in [1.165, 1.54) is 11.1 Å². The van der Waals surface area contributed by atoms with E-state index in [2.05, 4.69) is 42.3 Å². The van der Waals surface area contributed by atoms with Crippen molar-refractivity contribution in [3.8, 4) is 10.6 Å². The number of nitrogens with one attached hydrogen (secondary N) is 1. The molecule has 6 nitrogen and oxygen atoms in total. The van der Waals surface area contributed by atoms with Crippen molar-refractivity contribution in [1.82, 2.24) is 14.8 Å². The summed E-state index contributed by atoms with van der Waals surface area (Å²) in [7, 11) is 0. The number of benzene rings is 2. The Hall–Kier alpha value is -3.03. The molecule has 3 aromatic rings. The molecule has 1 fully saturated rings. The number of hydrogen-bond donors (Lipinski definition) is 1. The van der Waals surface area contributed by atoms with Gasteiger partial charge in [-0.05, 0) is 37.3 Å². The molecule has 2 heterocycles. The molecule has 36 heavy (non-hydrogen) atoms. The predicted molar refractivity (Wildman–Crippen MR) is 147 cm³/mol. The fourth-order valence-corrected chi connectivity index (χ4v) is 5.65. The summed E-state index contributed by atoms with van der Waals surface area (Å²) < 4.78 is 0. The Morgan fingerprint density at radius 1 is 0.944 bits per heavy atom. The topological polar surface area (TPSA) is 65.5 Å². The number of amides is 2. The first kappa shape index (κ1) is 26.0. The molecule has 4 rings (SSSR count). The number of aryl methyl sites for hydroxylation is 3. The number of anilines is 1. The fraction of sp³-hybridized carbons (Fsp3) is 0.414. The van der Waals surface area contributed by atoms with Crippen LogP contribution in [0.2, 0.25) is 0 Å². The van der Waals surface area contributed by atoms with Gasteiger partial charge >= 0.3 is 0 Å². The van der Waals surface area contributed by atoms with E-state index >= 15 is 0 Å². The second-order valence-electron chi connectivity index (χ2n) is 9.28. The zero-order chi connectivity index (χ0) is 25.5. The predicted octanol–water partition coefficient (Wildman–Crippen LogP) is 4.96. The van der Waals surface area contributed by atoms with Gasteiger partial charge in [0, 0.05) is 42.3 Å². The van der Waals surface area contributed by atoms with Crippen LogP contribution < -0.4 is 5.32 Å². The van der Waals surface area contributed by atoms with E-state index in [-0.39, 0.29) is 11.8 Å². The molecule has 0 radical (unpaired) electrons. The largest absolute Gasteiger partial charge is 0.341 e. The Kier molecular flexibility index (Phi) is 8.88. The minimum Gasteiger partial charge on any atom is -0.341 e. The number of nitrogens with zero attached hydrogens (tertiary/aromatic N) is 3. The van der Waals surface area contributed by atoms with Crippen LogP contribution in [0, 0.1) is 6.92 Å². The fourth-order valence-electron chi connectivity index (χ4n) is 4.71. The lowest BCUT2D eigenvalue weighted by Crippen LogP contribution is -2.38. The van der Waals surface area contributed by atoms with E-state index in [0.29, 0.717) is 32.6 Å². The molecule has 1 N–H and O–H groups in total. The molecular formula is C29H36N4O2S. The molecule has 1 aromatic heterocycles. The molecule has 0 spiro atoms. The van der Waals surface area contributed by atoms with Gasteiger partial charge in [0.05, 0.1) is 18.7 Å². The number of hydrogen-bond acceptors (Lipinski definition) is 5. The van der Waals surface area contributed by atoms with Crippen LogP contribution in [0.1, 0.15) is 42.0 Å². The van der Waals surface area contributed by atoms with Crippen LogP contribution in [0.15, 0.2) is 48.5 Å². The van der Waals surface area contributed by atoms with Gasteiger partial charge < -0.3 is 10.2 Å². The standard InChI is InChI=1S/C29H36N4O2S/c1-4-22-13-9-14-23(5-2)28(22)31-26(34)20-32-15-10-16-33(18-17-32)27(35)19-25-21(3)36-29(30-25)24-11-7-6-8-12-24/h6-9,11-14H,4-5,10,15-20H2,1-3H3,(H,31,34). The monoisotopic (exact) mass is 504 g/mol. The molecule has 2 aromatic carbocycles. The summed E-state index contributed by atoms with van der Waals surface area (Å²) in [6.07, 6.45) is 2.95. The molecule has 190 valence electrons. The van der Waals surface area contributed by atoms with Gasteiger partial charge in [0.2, 0.25) is 11.8 Å². The first-order valence-corrected chi connectivity index (χ1v) is 13.7. The maximum Gasteiger partial charge on any atom is 0.238 e. The van der Waals surface area contributed by atoms with Gasteiger partial charge in [-0.25, -0.2) is 4.98 Å². The molecule has 1 aliphatic heterocycles. The van der Waals surface area contributed by atoms with Crippen molar-refractivity contribution in [3.05, 3.63) is 70.2 Å². The van der Waals surface area contributed by atoms with Crippen LogP contribution >= 0.6 is 11.3 Å². The summed E-state index contributed by atoms with van der Waals surface area (Å²) in [5.41, 5.74) is 5.25. The molecule has 0 saturated carbocycles. The van der Waals surface area contributed by atoms with E-state index in [0.717, 1.165) is 52.6 Å². The molecule has 0 unspecified atom stereocenters. The molecule has 1 saturated heterocycles. The zero-order valence-corrected chi connectivity index (χ0v) is 22.4. The van der Waals surface area contributed by atoms with E-state index in [1.54, 1.807) is 11.3 Å². The lowest BCUT2D eigenvalue weighted by atomic mass is 10.0. The molecule has 0 aliphatic carbocycles. The van der Waals surface area contributed by atoms with Gasteiger partial charge in [0.15, 0.2) is 0 Å². The lowest BCUT2D eigenvalue weighted by molar-refractivity contribution is -0.130. The summed E-state index contributed by atoms with van der Waals surface area (Å²) >= 11 is 1.64. The van der Waals surface area contributed by atoms with Crippen LogP contribution in [0.3, 0.4) is 0 Å². The summed E-state index contributed by atoms with van der Waals surface area (Å²) in [5.74, 6) is 0.121. The highest BCUT2D eigenvalue weighted by Gasteiger charge is 2.23. The van der Waals surface area contributed by atoms with Gasteiger partial charge in [0.1, 0.15) is 5.01 Å². The SMILES string of the molecule is CCc1cccc(CC)c1NC(=O)CN1CCCN(C(=O)Cc2nc(-c3ccccc3)sc2C)CC1. The number of para-hydroxylation sites is 1. The number of rotatable bonds is 8. The highest BCUT2D eigenvalue weighted by molar-refractivity contribution is 7.15. The Balaban J connectivity index is 1.32. The second kappa shape index (κ2) is 12.3. The maximum atomic E-state index is 13.1. The van der Waals surface area contributed by atoms with Crippen molar-refractivity contribution in [1.29, 1.82) is 0 Å². The van der Waals surface area contributed by atoms with Crippen LogP contribution in [0.25, 0.3) is 10.6 Å². The second-order valence-corrected chi connectivity index (χ2v) is 10.5. The quantitative estimate of drug-likeness (QED) is 0.471. The summed E-state index contributed by atoms with van der Waals surface area (Å²) in [6.45, 7) is 9.45. The first-order chi connectivity index (χ1) is 17.5. The van der Waals surface area contributed by atoms with E-state index in [4.69, 9.17) is 4.98 Å². The minimum absolute atomic E-state index is 0.0110. The maximum absolute atomic E-state index is 13.1. The third-order valence-electron chi connectivity index (χ3n) is 6.80. The summed E-state index contributed by atoms with van der Waals surface area (Å²) in [4.78, 5) is 36.0. The number of thiazole rings is 1. The van der Waals surface area contributed by atoms with E-state index < -0.39 is 0 Å². The van der Waals surface area contributed by atoms with Crippen LogP contribution in [-0.2, 0) is 28.9 Å². The van der Waals surface area contributed by atoms with Crippen molar-refractivity contribution in [2.45, 2.75) is 46.5 Å². The normalized spacial score (nSPS) is 14.5. The van der Waals surface area contributed by atoms with Crippen LogP contribution in [-0.4, -0.2) is 59.3 Å². The molecule has 7 heteroatoms. The lowest BCUT2D eigenvalue weighted by Gasteiger charge is -2.22. The highest BCUT2D eigenvalue weighted by atomic mass is 32.1. The summed E-state index contributed by atoms with van der Waals surface area (Å²) in [5, 5.41) is 4.13. The van der Waals surface area contributed by atoms with Gasteiger partial charge in [-0.3, -0.25) is 14.5 Å². The molecule has 0 atom stereocenters. The van der Waals surface area contributed by atoms with Crippen molar-refractivity contribution >= 4 is 28.8 Å². The average molecular weight is 505 g/mol. The molecule has 0 bridgehead atoms. The van der Waals surface area contributed by atoms with Crippen LogP contribution in [0.4, 0.5) is 5.69 Å². The van der Waals surface area contributed by atoms with Crippen LogP contribution in [0.5, 0.6) is 0 Å². The van der Waals surface area contributed by atoms with Gasteiger partial charge in [-0.1, -0.05) is 62.4 Å². The number of carbonyl (C=O) groups is 2. The Bertz CT molecular complexity index is 1170. The third kappa shape index (κ3) is 6.39. The van der Waals surface area contributed by atoms with Gasteiger partial charge in [-0.15, -0.1) is 11.3 Å². The van der Waals surface area contributed by atoms with Gasteiger partial charge in [-0.2, -0.15) is 0 Å². The number of carbonyl (C=O) groups excluding carboxylic acids is 2. The highest BCUT2D eigenvalue weighted by Crippen LogP contribution is 2.28. The zero-order valence-electron chi connectivity index (χ0n) is 21.5. The minimum atomic E-state index is 0.0110. The third-order valence-corrected chi connectivity index (χ3v) is 7.87. The Labute approximate surface area is 218 Å². The van der Waals surface area contributed by atoms with Crippen molar-refractivity contribution in [2.24, 2.45) is 0 Å². The molecular weight excluding hydrogens is 468 g/mol. The van der Waals surface area contributed by atoms with E-state index in [1.807, 2.05) is 42.2 Å².